The SMILES string of the molecule is COC(=O)CC[C@@H]1N=C(c2ccccn2)c2cc(Br)ccc2NC1NCC(C)C. The summed E-state index contributed by atoms with van der Waals surface area (Å²) in [4.78, 5) is 21.4. The Kier molecular flexibility index (Phi) is 7.39. The lowest BCUT2D eigenvalue weighted by Crippen LogP contribution is -2.46. The van der Waals surface area contributed by atoms with Crippen molar-refractivity contribution in [1.82, 2.24) is 10.3 Å². The van der Waals surface area contributed by atoms with Crippen LogP contribution < -0.4 is 10.6 Å². The summed E-state index contributed by atoms with van der Waals surface area (Å²) in [6.45, 7) is 5.17. The molecular weight excluding hydrogens is 432 g/mol. The molecular formula is C22H27BrN4O2. The number of aliphatic imine (C=N–C) groups is 1. The summed E-state index contributed by atoms with van der Waals surface area (Å²) in [7, 11) is 1.41. The quantitative estimate of drug-likeness (QED) is 0.613. The number of halogens is 1. The van der Waals surface area contributed by atoms with E-state index in [1.165, 1.54) is 7.11 Å². The maximum Gasteiger partial charge on any atom is 0.305 e. The Morgan fingerprint density at radius 1 is 1.31 bits per heavy atom. The third-order valence-electron chi connectivity index (χ3n) is 4.75. The van der Waals surface area contributed by atoms with E-state index in [-0.39, 0.29) is 18.2 Å². The van der Waals surface area contributed by atoms with E-state index in [1.54, 1.807) is 6.20 Å². The van der Waals surface area contributed by atoms with Gasteiger partial charge in [0.1, 0.15) is 0 Å². The van der Waals surface area contributed by atoms with Crippen molar-refractivity contribution in [3.8, 4) is 0 Å². The number of rotatable bonds is 7. The zero-order chi connectivity index (χ0) is 20.8. The van der Waals surface area contributed by atoms with E-state index in [0.717, 1.165) is 33.7 Å². The van der Waals surface area contributed by atoms with Crippen LogP contribution in [0.4, 0.5) is 5.69 Å². The maximum atomic E-state index is 11.8. The van der Waals surface area contributed by atoms with Crippen molar-refractivity contribution in [2.45, 2.75) is 38.9 Å². The van der Waals surface area contributed by atoms with Gasteiger partial charge in [-0.2, -0.15) is 0 Å². The van der Waals surface area contributed by atoms with Gasteiger partial charge in [0.25, 0.3) is 0 Å². The van der Waals surface area contributed by atoms with Gasteiger partial charge >= 0.3 is 5.97 Å². The number of esters is 1. The van der Waals surface area contributed by atoms with Crippen LogP contribution in [-0.4, -0.2) is 42.5 Å². The van der Waals surface area contributed by atoms with Gasteiger partial charge in [-0.25, -0.2) is 0 Å². The molecule has 1 aromatic carbocycles. The van der Waals surface area contributed by atoms with E-state index in [0.29, 0.717) is 18.8 Å². The van der Waals surface area contributed by atoms with Gasteiger partial charge in [-0.3, -0.25) is 20.1 Å². The Balaban J connectivity index is 2.04. The van der Waals surface area contributed by atoms with Crippen molar-refractivity contribution >= 4 is 33.3 Å². The third-order valence-corrected chi connectivity index (χ3v) is 5.25. The molecule has 0 saturated carbocycles. The van der Waals surface area contributed by atoms with E-state index in [9.17, 15) is 4.79 Å². The van der Waals surface area contributed by atoms with Crippen molar-refractivity contribution in [1.29, 1.82) is 0 Å². The zero-order valence-electron chi connectivity index (χ0n) is 17.0. The summed E-state index contributed by atoms with van der Waals surface area (Å²) >= 11 is 3.58. The summed E-state index contributed by atoms with van der Waals surface area (Å²) in [5, 5.41) is 7.19. The lowest BCUT2D eigenvalue weighted by Gasteiger charge is -2.26. The number of benzodiazepines with no additional fused rings is 1. The smallest absolute Gasteiger partial charge is 0.305 e. The van der Waals surface area contributed by atoms with Crippen molar-refractivity contribution in [3.63, 3.8) is 0 Å². The summed E-state index contributed by atoms with van der Waals surface area (Å²) in [5.41, 5.74) is 3.59. The number of methoxy groups -OCH3 is 1. The van der Waals surface area contributed by atoms with Crippen molar-refractivity contribution in [2.75, 3.05) is 19.0 Å². The Morgan fingerprint density at radius 3 is 2.83 bits per heavy atom. The number of pyridine rings is 1. The molecule has 0 spiro atoms. The molecule has 6 nitrogen and oxygen atoms in total. The average molecular weight is 459 g/mol. The summed E-state index contributed by atoms with van der Waals surface area (Å²) in [6.07, 6.45) is 2.54. The van der Waals surface area contributed by atoms with Crippen LogP contribution in [0.2, 0.25) is 0 Å². The van der Waals surface area contributed by atoms with Gasteiger partial charge in [-0.15, -0.1) is 0 Å². The molecule has 29 heavy (non-hydrogen) atoms. The van der Waals surface area contributed by atoms with E-state index < -0.39 is 0 Å². The number of hydrogen-bond donors (Lipinski definition) is 2. The van der Waals surface area contributed by atoms with E-state index in [2.05, 4.69) is 51.5 Å². The fourth-order valence-electron chi connectivity index (χ4n) is 3.27. The predicted molar refractivity (Wildman–Crippen MR) is 119 cm³/mol. The highest BCUT2D eigenvalue weighted by Crippen LogP contribution is 2.29. The summed E-state index contributed by atoms with van der Waals surface area (Å²) in [5.74, 6) is 0.261. The van der Waals surface area contributed by atoms with Crippen LogP contribution in [-0.2, 0) is 9.53 Å². The van der Waals surface area contributed by atoms with Crippen molar-refractivity contribution in [3.05, 3.63) is 58.3 Å². The first kappa shape index (κ1) is 21.5. The summed E-state index contributed by atoms with van der Waals surface area (Å²) < 4.78 is 5.82. The number of ether oxygens (including phenoxy) is 1. The first-order valence-corrected chi connectivity index (χ1v) is 10.6. The number of anilines is 1. The van der Waals surface area contributed by atoms with E-state index in [1.807, 2.05) is 30.3 Å². The molecule has 0 amide bonds. The van der Waals surface area contributed by atoms with Crippen LogP contribution >= 0.6 is 15.9 Å². The number of fused-ring (bicyclic) bond motifs is 1. The predicted octanol–water partition coefficient (Wildman–Crippen LogP) is 4.00. The first-order valence-electron chi connectivity index (χ1n) is 9.83. The van der Waals surface area contributed by atoms with Crippen LogP contribution in [0.25, 0.3) is 0 Å². The second-order valence-corrected chi connectivity index (χ2v) is 8.40. The molecule has 2 heterocycles. The van der Waals surface area contributed by atoms with Crippen molar-refractivity contribution < 1.29 is 9.53 Å². The van der Waals surface area contributed by atoms with Crippen LogP contribution in [0.15, 0.2) is 52.1 Å². The normalized spacial score (nSPS) is 18.4. The Labute approximate surface area is 180 Å². The molecule has 1 aromatic heterocycles. The van der Waals surface area contributed by atoms with Gasteiger partial charge < -0.3 is 10.1 Å². The van der Waals surface area contributed by atoms with Gasteiger partial charge in [-0.1, -0.05) is 35.8 Å². The Hall–Kier alpha value is -2.25. The van der Waals surface area contributed by atoms with Crippen LogP contribution in [0.3, 0.4) is 0 Å². The molecule has 0 aliphatic carbocycles. The van der Waals surface area contributed by atoms with Crippen LogP contribution in [0.5, 0.6) is 0 Å². The lowest BCUT2D eigenvalue weighted by atomic mass is 10.0. The monoisotopic (exact) mass is 458 g/mol. The van der Waals surface area contributed by atoms with Crippen LogP contribution in [0, 0.1) is 5.92 Å². The molecule has 2 aromatic rings. The highest BCUT2D eigenvalue weighted by atomic mass is 79.9. The molecule has 1 aliphatic rings. The molecule has 0 radical (unpaired) electrons. The number of carbonyl (C=O) groups excluding carboxylic acids is 1. The maximum absolute atomic E-state index is 11.8. The standard InChI is InChI=1S/C22H27BrN4O2/c1-14(2)13-25-22-19(9-10-20(28)29-3)26-21(18-6-4-5-11-24-18)16-12-15(23)7-8-17(16)27-22/h4-8,11-12,14,19,22,25,27H,9-10,13H2,1-3H3/t19-,22?/m0/s1. The first-order chi connectivity index (χ1) is 14.0. The molecule has 0 bridgehead atoms. The largest absolute Gasteiger partial charge is 0.469 e. The fourth-order valence-corrected chi connectivity index (χ4v) is 3.63. The molecule has 2 atom stereocenters. The van der Waals surface area contributed by atoms with Gasteiger partial charge in [-0.05, 0) is 49.2 Å². The minimum atomic E-state index is -0.230. The lowest BCUT2D eigenvalue weighted by molar-refractivity contribution is -0.140. The van der Waals surface area contributed by atoms with Gasteiger partial charge in [0.05, 0.1) is 30.7 Å². The van der Waals surface area contributed by atoms with Gasteiger partial charge in [0, 0.05) is 28.3 Å². The number of nitrogens with one attached hydrogen (secondary N) is 2. The number of nitrogens with zero attached hydrogens (tertiary/aromatic N) is 2. The fraction of sp³-hybridized carbons (Fsp3) is 0.409. The zero-order valence-corrected chi connectivity index (χ0v) is 18.6. The molecule has 0 fully saturated rings. The Bertz CT molecular complexity index is 870. The number of benzene rings is 1. The molecule has 7 heteroatoms. The molecule has 154 valence electrons. The minimum Gasteiger partial charge on any atom is -0.469 e. The molecule has 2 N–H and O–H groups in total. The minimum absolute atomic E-state index is 0.108. The molecule has 3 rings (SSSR count). The number of hydrogen-bond acceptors (Lipinski definition) is 6. The average Bonchev–Trinajstić information content (AvgIpc) is 2.87. The second kappa shape index (κ2) is 9.98. The highest BCUT2D eigenvalue weighted by Gasteiger charge is 2.28. The van der Waals surface area contributed by atoms with Gasteiger partial charge in [0.2, 0.25) is 0 Å². The van der Waals surface area contributed by atoms with E-state index >= 15 is 0 Å². The Morgan fingerprint density at radius 2 is 2.14 bits per heavy atom. The number of carbonyl (C=O) groups is 1. The van der Waals surface area contributed by atoms with Crippen molar-refractivity contribution in [2.24, 2.45) is 10.9 Å². The topological polar surface area (TPSA) is 75.6 Å². The molecule has 1 unspecified atom stereocenters. The molecule has 1 aliphatic heterocycles. The third kappa shape index (κ3) is 5.64. The second-order valence-electron chi connectivity index (χ2n) is 7.49. The van der Waals surface area contributed by atoms with E-state index in [4.69, 9.17) is 9.73 Å². The van der Waals surface area contributed by atoms with Gasteiger partial charge in [0.15, 0.2) is 0 Å². The number of aromatic nitrogens is 1. The molecule has 0 saturated heterocycles. The summed E-state index contributed by atoms with van der Waals surface area (Å²) in [6, 6.07) is 11.8. The van der Waals surface area contributed by atoms with Crippen LogP contribution in [0.1, 0.15) is 37.9 Å². The highest BCUT2D eigenvalue weighted by molar-refractivity contribution is 9.10.